The van der Waals surface area contributed by atoms with Gasteiger partial charge in [0.25, 0.3) is 0 Å². The fourth-order valence-electron chi connectivity index (χ4n) is 3.59. The van der Waals surface area contributed by atoms with Crippen LogP contribution in [0.1, 0.15) is 18.4 Å². The summed E-state index contributed by atoms with van der Waals surface area (Å²) in [6.07, 6.45) is 3.70. The molecule has 1 fully saturated rings. The molecule has 8 heteroatoms. The van der Waals surface area contributed by atoms with Gasteiger partial charge in [-0.1, -0.05) is 0 Å². The Kier molecular flexibility index (Phi) is 4.91. The summed E-state index contributed by atoms with van der Waals surface area (Å²) in [5.41, 5.74) is 9.51. The smallest absolute Gasteiger partial charge is 0.228 e. The van der Waals surface area contributed by atoms with Gasteiger partial charge in [-0.15, -0.1) is 0 Å². The Balaban J connectivity index is 1.78. The number of nitrogens with zero attached hydrogens (tertiary/aromatic N) is 4. The van der Waals surface area contributed by atoms with Gasteiger partial charge in [0.05, 0.1) is 20.0 Å². The van der Waals surface area contributed by atoms with E-state index >= 15 is 0 Å². The van der Waals surface area contributed by atoms with Crippen LogP contribution in [0.3, 0.4) is 0 Å². The molecule has 3 aromatic rings. The number of aliphatic hydroxyl groups is 1. The van der Waals surface area contributed by atoms with Gasteiger partial charge < -0.3 is 25.5 Å². The van der Waals surface area contributed by atoms with E-state index in [0.717, 1.165) is 54.8 Å². The van der Waals surface area contributed by atoms with E-state index in [2.05, 4.69) is 19.9 Å². The number of rotatable bonds is 5. The molecule has 0 amide bonds. The SMILES string of the molecule is COc1ccc(-c2nc(N3CCC(CN)CC3)nc3nc[nH]c23)c(CO)c1. The van der Waals surface area contributed by atoms with Crippen molar-refractivity contribution in [3.63, 3.8) is 0 Å². The minimum absolute atomic E-state index is 0.108. The molecule has 1 aliphatic heterocycles. The van der Waals surface area contributed by atoms with Gasteiger partial charge in [-0.05, 0) is 49.1 Å². The molecule has 4 N–H and O–H groups in total. The van der Waals surface area contributed by atoms with Gasteiger partial charge in [0.1, 0.15) is 17.0 Å². The molecule has 1 aromatic carbocycles. The summed E-state index contributed by atoms with van der Waals surface area (Å²) in [7, 11) is 1.61. The number of aliphatic hydroxyl groups excluding tert-OH is 1. The predicted molar refractivity (Wildman–Crippen MR) is 104 cm³/mol. The van der Waals surface area contributed by atoms with Gasteiger partial charge in [0.15, 0.2) is 5.65 Å². The number of hydrogen-bond acceptors (Lipinski definition) is 7. The Morgan fingerprint density at radius 2 is 2.11 bits per heavy atom. The normalized spacial score (nSPS) is 15.4. The summed E-state index contributed by atoms with van der Waals surface area (Å²) in [4.78, 5) is 19.1. The van der Waals surface area contributed by atoms with Gasteiger partial charge in [-0.3, -0.25) is 0 Å². The summed E-state index contributed by atoms with van der Waals surface area (Å²) < 4.78 is 5.28. The zero-order chi connectivity index (χ0) is 18.8. The lowest BCUT2D eigenvalue weighted by Crippen LogP contribution is -2.37. The molecule has 2 aromatic heterocycles. The molecule has 27 heavy (non-hydrogen) atoms. The van der Waals surface area contributed by atoms with E-state index in [1.54, 1.807) is 13.4 Å². The lowest BCUT2D eigenvalue weighted by atomic mass is 9.97. The number of benzene rings is 1. The third-order valence-corrected chi connectivity index (χ3v) is 5.24. The summed E-state index contributed by atoms with van der Waals surface area (Å²) >= 11 is 0. The highest BCUT2D eigenvalue weighted by molar-refractivity contribution is 5.89. The second-order valence-electron chi connectivity index (χ2n) is 6.82. The second kappa shape index (κ2) is 7.50. The van der Waals surface area contributed by atoms with Crippen molar-refractivity contribution >= 4 is 17.1 Å². The average molecular weight is 368 g/mol. The van der Waals surface area contributed by atoms with Gasteiger partial charge >= 0.3 is 0 Å². The first-order valence-electron chi connectivity index (χ1n) is 9.17. The highest BCUT2D eigenvalue weighted by Gasteiger charge is 2.23. The number of aromatic amines is 1. The number of anilines is 1. The second-order valence-corrected chi connectivity index (χ2v) is 6.82. The van der Waals surface area contributed by atoms with E-state index in [1.807, 2.05) is 18.2 Å². The molecule has 0 atom stereocenters. The van der Waals surface area contributed by atoms with Crippen molar-refractivity contribution < 1.29 is 9.84 Å². The molecule has 0 aliphatic carbocycles. The first kappa shape index (κ1) is 17.7. The van der Waals surface area contributed by atoms with Crippen LogP contribution < -0.4 is 15.4 Å². The molecule has 0 spiro atoms. The minimum atomic E-state index is -0.108. The quantitative estimate of drug-likeness (QED) is 0.628. The van der Waals surface area contributed by atoms with Gasteiger partial charge in [-0.2, -0.15) is 4.98 Å². The molecule has 142 valence electrons. The number of nitrogens with one attached hydrogen (secondary N) is 1. The topological polar surface area (TPSA) is 113 Å². The van der Waals surface area contributed by atoms with Crippen molar-refractivity contribution in [1.82, 2.24) is 19.9 Å². The fourth-order valence-corrected chi connectivity index (χ4v) is 3.59. The van der Waals surface area contributed by atoms with Crippen LogP contribution in [0.2, 0.25) is 0 Å². The maximum atomic E-state index is 9.85. The van der Waals surface area contributed by atoms with E-state index < -0.39 is 0 Å². The van der Waals surface area contributed by atoms with E-state index in [1.165, 1.54) is 0 Å². The Labute approximate surface area is 157 Å². The lowest BCUT2D eigenvalue weighted by Gasteiger charge is -2.31. The van der Waals surface area contributed by atoms with Crippen molar-refractivity contribution in [2.45, 2.75) is 19.4 Å². The number of fused-ring (bicyclic) bond motifs is 1. The Morgan fingerprint density at radius 1 is 1.30 bits per heavy atom. The summed E-state index contributed by atoms with van der Waals surface area (Å²) in [5.74, 6) is 1.93. The maximum Gasteiger partial charge on any atom is 0.228 e. The number of aromatic nitrogens is 4. The molecule has 4 rings (SSSR count). The summed E-state index contributed by atoms with van der Waals surface area (Å²) in [5, 5.41) is 9.85. The van der Waals surface area contributed by atoms with E-state index in [-0.39, 0.29) is 6.61 Å². The van der Waals surface area contributed by atoms with Gasteiger partial charge in [-0.25, -0.2) is 9.97 Å². The molecular weight excluding hydrogens is 344 g/mol. The van der Waals surface area contributed by atoms with Crippen LogP contribution in [0.4, 0.5) is 5.95 Å². The number of ether oxygens (including phenoxy) is 1. The monoisotopic (exact) mass is 368 g/mol. The zero-order valence-electron chi connectivity index (χ0n) is 15.4. The van der Waals surface area contributed by atoms with Crippen molar-refractivity contribution in [3.8, 4) is 17.0 Å². The Morgan fingerprint density at radius 3 is 2.81 bits per heavy atom. The van der Waals surface area contributed by atoms with Crippen molar-refractivity contribution in [3.05, 3.63) is 30.1 Å². The number of H-pyrrole nitrogens is 1. The molecule has 0 bridgehead atoms. The third-order valence-electron chi connectivity index (χ3n) is 5.24. The lowest BCUT2D eigenvalue weighted by molar-refractivity contribution is 0.281. The minimum Gasteiger partial charge on any atom is -0.497 e. The molecule has 1 saturated heterocycles. The van der Waals surface area contributed by atoms with Gasteiger partial charge in [0.2, 0.25) is 5.95 Å². The highest BCUT2D eigenvalue weighted by Crippen LogP contribution is 2.32. The van der Waals surface area contributed by atoms with Crippen LogP contribution >= 0.6 is 0 Å². The van der Waals surface area contributed by atoms with E-state index in [4.69, 9.17) is 15.5 Å². The molecule has 0 unspecified atom stereocenters. The van der Waals surface area contributed by atoms with Gasteiger partial charge in [0, 0.05) is 18.7 Å². The highest BCUT2D eigenvalue weighted by atomic mass is 16.5. The molecular formula is C19H24N6O2. The van der Waals surface area contributed by atoms with Crippen molar-refractivity contribution in [2.24, 2.45) is 11.7 Å². The number of imidazole rings is 1. The van der Waals surface area contributed by atoms with Crippen LogP contribution in [0, 0.1) is 5.92 Å². The average Bonchev–Trinajstić information content (AvgIpc) is 3.21. The summed E-state index contributed by atoms with van der Waals surface area (Å²) in [6.45, 7) is 2.38. The Bertz CT molecular complexity index is 933. The number of piperidine rings is 1. The van der Waals surface area contributed by atoms with Crippen molar-refractivity contribution in [1.29, 1.82) is 0 Å². The predicted octanol–water partition coefficient (Wildman–Crippen LogP) is 1.70. The molecule has 1 aliphatic rings. The largest absolute Gasteiger partial charge is 0.497 e. The third kappa shape index (κ3) is 3.33. The van der Waals surface area contributed by atoms with Crippen LogP contribution in [0.15, 0.2) is 24.5 Å². The number of methoxy groups -OCH3 is 1. The first-order chi connectivity index (χ1) is 13.2. The molecule has 8 nitrogen and oxygen atoms in total. The fraction of sp³-hybridized carbons (Fsp3) is 0.421. The van der Waals surface area contributed by atoms with Crippen LogP contribution in [0.25, 0.3) is 22.4 Å². The molecule has 0 radical (unpaired) electrons. The van der Waals surface area contributed by atoms with Crippen LogP contribution in [-0.2, 0) is 6.61 Å². The number of nitrogens with two attached hydrogens (primary N) is 1. The van der Waals surface area contributed by atoms with Crippen LogP contribution in [0.5, 0.6) is 5.75 Å². The standard InChI is InChI=1S/C19H24N6O2/c1-27-14-2-3-15(13(8-14)10-26)16-17-18(22-11-21-17)24-19(23-16)25-6-4-12(9-20)5-7-25/h2-3,8,11-12,26H,4-7,9-10,20H2,1H3,(H,21,22,23,24). The summed E-state index contributed by atoms with van der Waals surface area (Å²) in [6, 6.07) is 5.61. The van der Waals surface area contributed by atoms with E-state index in [9.17, 15) is 5.11 Å². The molecule has 3 heterocycles. The van der Waals surface area contributed by atoms with Crippen molar-refractivity contribution in [2.75, 3.05) is 31.6 Å². The number of hydrogen-bond donors (Lipinski definition) is 3. The van der Waals surface area contributed by atoms with E-state index in [0.29, 0.717) is 23.3 Å². The van der Waals surface area contributed by atoms with Crippen LogP contribution in [-0.4, -0.2) is 51.8 Å². The Hall–Kier alpha value is -2.71. The zero-order valence-corrected chi connectivity index (χ0v) is 15.4. The maximum absolute atomic E-state index is 9.85. The first-order valence-corrected chi connectivity index (χ1v) is 9.17. The molecule has 0 saturated carbocycles.